The summed E-state index contributed by atoms with van der Waals surface area (Å²) in [4.78, 5) is 19.1. The lowest BCUT2D eigenvalue weighted by molar-refractivity contribution is -0.0369. The number of nitrogens with one attached hydrogen (secondary N) is 2. The number of ether oxygens (including phenoxy) is 1. The van der Waals surface area contributed by atoms with Crippen LogP contribution in [0.3, 0.4) is 0 Å². The van der Waals surface area contributed by atoms with Crippen LogP contribution in [0.5, 0.6) is 0 Å². The van der Waals surface area contributed by atoms with Gasteiger partial charge in [0, 0.05) is 37.7 Å². The van der Waals surface area contributed by atoms with Crippen LogP contribution in [0, 0.1) is 12.8 Å². The van der Waals surface area contributed by atoms with Crippen molar-refractivity contribution in [2.45, 2.75) is 76.9 Å². The molecule has 2 N–H and O–H groups in total. The Labute approximate surface area is 208 Å². The van der Waals surface area contributed by atoms with Crippen molar-refractivity contribution in [2.24, 2.45) is 5.92 Å². The van der Waals surface area contributed by atoms with E-state index in [4.69, 9.17) is 19.7 Å². The highest BCUT2D eigenvalue weighted by atomic mass is 32.1. The van der Waals surface area contributed by atoms with Crippen LogP contribution in [-0.4, -0.2) is 51.7 Å². The van der Waals surface area contributed by atoms with Gasteiger partial charge in [-0.15, -0.1) is 11.3 Å². The first-order chi connectivity index (χ1) is 16.7. The fraction of sp³-hybridized carbons (Fsp3) is 0.600. The number of aromatic nitrogens is 4. The van der Waals surface area contributed by atoms with Crippen molar-refractivity contribution in [2.75, 3.05) is 24.3 Å². The highest BCUT2D eigenvalue weighted by molar-refractivity contribution is 7.21. The van der Waals surface area contributed by atoms with Gasteiger partial charge in [0.2, 0.25) is 11.9 Å². The minimum atomic E-state index is -2.68. The molecule has 0 aromatic carbocycles. The fourth-order valence-corrected chi connectivity index (χ4v) is 5.80. The molecule has 0 amide bonds. The third kappa shape index (κ3) is 5.23. The van der Waals surface area contributed by atoms with Gasteiger partial charge in [0.25, 0.3) is 0 Å². The lowest BCUT2D eigenvalue weighted by Gasteiger charge is -2.21. The van der Waals surface area contributed by atoms with Crippen LogP contribution in [0.25, 0.3) is 20.8 Å². The minimum Gasteiger partial charge on any atom is -0.380 e. The number of pyridine rings is 1. The van der Waals surface area contributed by atoms with Crippen molar-refractivity contribution in [3.05, 3.63) is 23.7 Å². The molecule has 188 valence electrons. The molecule has 2 saturated carbocycles. The average Bonchev–Trinajstić information content (AvgIpc) is 3.38. The molecular formula is C25H32F2N6OS. The standard InChI is InChI=1S/C25H32F2N6OS/c1-13(34-4)12-29-24-30-14(2)19(22(33-24)31-17-8-7-16(11-17)25(3,26)27)23-32-21-18(35-23)9-10-28-20(21)15-5-6-15/h9-10,13,15-17H,5-8,11-12H2,1-4H3,(H2,29,30,31,33). The maximum Gasteiger partial charge on any atom is 0.248 e. The zero-order chi connectivity index (χ0) is 24.7. The van der Waals surface area contributed by atoms with Crippen molar-refractivity contribution in [3.8, 4) is 10.6 Å². The van der Waals surface area contributed by atoms with Gasteiger partial charge in [0.15, 0.2) is 0 Å². The van der Waals surface area contributed by atoms with Gasteiger partial charge in [-0.3, -0.25) is 4.98 Å². The Morgan fingerprint density at radius 1 is 1.20 bits per heavy atom. The lowest BCUT2D eigenvalue weighted by Crippen LogP contribution is -2.25. The van der Waals surface area contributed by atoms with E-state index >= 15 is 0 Å². The summed E-state index contributed by atoms with van der Waals surface area (Å²) in [5.74, 6) is -1.70. The van der Waals surface area contributed by atoms with Gasteiger partial charge >= 0.3 is 0 Å². The predicted octanol–water partition coefficient (Wildman–Crippen LogP) is 6.02. The van der Waals surface area contributed by atoms with Gasteiger partial charge in [-0.1, -0.05) is 0 Å². The molecule has 0 bridgehead atoms. The normalized spacial score (nSPS) is 21.4. The van der Waals surface area contributed by atoms with Crippen molar-refractivity contribution >= 4 is 33.3 Å². The maximum absolute atomic E-state index is 14.0. The minimum absolute atomic E-state index is 0.00465. The number of hydrogen-bond donors (Lipinski definition) is 2. The van der Waals surface area contributed by atoms with Crippen LogP contribution in [0.15, 0.2) is 12.3 Å². The smallest absolute Gasteiger partial charge is 0.248 e. The number of aryl methyl sites for hydroxylation is 1. The van der Waals surface area contributed by atoms with Crippen LogP contribution in [0.4, 0.5) is 20.5 Å². The van der Waals surface area contributed by atoms with Gasteiger partial charge in [-0.2, -0.15) is 4.98 Å². The number of alkyl halides is 2. The number of hydrogen-bond acceptors (Lipinski definition) is 8. The second-order valence-electron chi connectivity index (χ2n) is 9.93. The Kier molecular flexibility index (Phi) is 6.61. The van der Waals surface area contributed by atoms with E-state index in [1.54, 1.807) is 18.4 Å². The molecule has 3 atom stereocenters. The molecule has 5 rings (SSSR count). The Balaban J connectivity index is 1.51. The first kappa shape index (κ1) is 24.2. The summed E-state index contributed by atoms with van der Waals surface area (Å²) in [7, 11) is 1.66. The molecule has 3 unspecified atom stereocenters. The molecule has 3 aromatic rings. The number of nitrogens with zero attached hydrogens (tertiary/aromatic N) is 4. The number of halogens is 2. The second-order valence-corrected chi connectivity index (χ2v) is 11.0. The van der Waals surface area contributed by atoms with Crippen molar-refractivity contribution < 1.29 is 13.5 Å². The monoisotopic (exact) mass is 502 g/mol. The van der Waals surface area contributed by atoms with Gasteiger partial charge in [0.1, 0.15) is 16.3 Å². The third-order valence-electron chi connectivity index (χ3n) is 7.04. The molecule has 7 nitrogen and oxygen atoms in total. The second kappa shape index (κ2) is 9.54. The maximum atomic E-state index is 14.0. The summed E-state index contributed by atoms with van der Waals surface area (Å²) in [6, 6.07) is 1.92. The fourth-order valence-electron chi connectivity index (χ4n) is 4.73. The Bertz CT molecular complexity index is 1210. The number of thiazole rings is 1. The van der Waals surface area contributed by atoms with Gasteiger partial charge in [0.05, 0.1) is 27.8 Å². The van der Waals surface area contributed by atoms with Crippen LogP contribution < -0.4 is 10.6 Å². The summed E-state index contributed by atoms with van der Waals surface area (Å²) in [5, 5.41) is 7.54. The Morgan fingerprint density at radius 2 is 2.00 bits per heavy atom. The van der Waals surface area contributed by atoms with E-state index in [0.29, 0.717) is 43.5 Å². The largest absolute Gasteiger partial charge is 0.380 e. The van der Waals surface area contributed by atoms with Crippen LogP contribution in [0.2, 0.25) is 0 Å². The van der Waals surface area contributed by atoms with E-state index in [1.807, 2.05) is 26.1 Å². The van der Waals surface area contributed by atoms with E-state index in [2.05, 4.69) is 15.6 Å². The molecule has 2 aliphatic rings. The Hall–Kier alpha value is -2.46. The van der Waals surface area contributed by atoms with E-state index in [1.165, 1.54) is 0 Å². The molecule has 0 aliphatic heterocycles. The first-order valence-corrected chi connectivity index (χ1v) is 13.1. The lowest BCUT2D eigenvalue weighted by atomic mass is 10.0. The van der Waals surface area contributed by atoms with Gasteiger partial charge < -0.3 is 15.4 Å². The highest BCUT2D eigenvalue weighted by Crippen LogP contribution is 2.45. The molecule has 35 heavy (non-hydrogen) atoms. The average molecular weight is 503 g/mol. The molecule has 3 heterocycles. The molecular weight excluding hydrogens is 470 g/mol. The molecule has 0 spiro atoms. The predicted molar refractivity (Wildman–Crippen MR) is 135 cm³/mol. The number of fused-ring (bicyclic) bond motifs is 1. The summed E-state index contributed by atoms with van der Waals surface area (Å²) >= 11 is 1.60. The zero-order valence-electron chi connectivity index (χ0n) is 20.6. The Morgan fingerprint density at radius 3 is 2.69 bits per heavy atom. The first-order valence-electron chi connectivity index (χ1n) is 12.3. The summed E-state index contributed by atoms with van der Waals surface area (Å²) in [5.41, 5.74) is 3.62. The summed E-state index contributed by atoms with van der Waals surface area (Å²) in [6.07, 6.45) is 5.73. The summed E-state index contributed by atoms with van der Waals surface area (Å²) < 4.78 is 34.3. The molecule has 0 radical (unpaired) electrons. The zero-order valence-corrected chi connectivity index (χ0v) is 21.4. The molecule has 3 aromatic heterocycles. The molecule has 2 fully saturated rings. The highest BCUT2D eigenvalue weighted by Gasteiger charge is 2.40. The van der Waals surface area contributed by atoms with E-state index in [-0.39, 0.29) is 12.1 Å². The van der Waals surface area contributed by atoms with Gasteiger partial charge in [-0.05, 0) is 58.9 Å². The van der Waals surface area contributed by atoms with E-state index in [9.17, 15) is 8.78 Å². The van der Waals surface area contributed by atoms with Crippen LogP contribution >= 0.6 is 11.3 Å². The number of anilines is 2. The topological polar surface area (TPSA) is 84.8 Å². The van der Waals surface area contributed by atoms with Crippen molar-refractivity contribution in [1.82, 2.24) is 19.9 Å². The molecule has 2 aliphatic carbocycles. The van der Waals surface area contributed by atoms with Gasteiger partial charge in [-0.25, -0.2) is 18.7 Å². The summed E-state index contributed by atoms with van der Waals surface area (Å²) in [6.45, 7) is 5.48. The molecule has 0 saturated heterocycles. The number of methoxy groups -OCH3 is 1. The van der Waals surface area contributed by atoms with Crippen LogP contribution in [0.1, 0.15) is 63.3 Å². The van der Waals surface area contributed by atoms with Crippen molar-refractivity contribution in [3.63, 3.8) is 0 Å². The van der Waals surface area contributed by atoms with E-state index in [0.717, 1.165) is 51.9 Å². The van der Waals surface area contributed by atoms with Crippen molar-refractivity contribution in [1.29, 1.82) is 0 Å². The number of rotatable bonds is 9. The SMILES string of the molecule is COC(C)CNc1nc(C)c(-c2nc3c(C4CC4)nccc3s2)c(NC2CCC(C(C)(F)F)C2)n1. The van der Waals surface area contributed by atoms with E-state index < -0.39 is 11.8 Å². The molecule has 10 heteroatoms. The third-order valence-corrected chi connectivity index (χ3v) is 8.08. The van der Waals surface area contributed by atoms with Crippen LogP contribution in [-0.2, 0) is 4.74 Å². The quantitative estimate of drug-likeness (QED) is 0.370.